The molecule has 1 saturated carbocycles. The van der Waals surface area contributed by atoms with Gasteiger partial charge in [0, 0.05) is 34.7 Å². The van der Waals surface area contributed by atoms with Gasteiger partial charge in [0.05, 0.1) is 10.6 Å². The van der Waals surface area contributed by atoms with Crippen molar-refractivity contribution >= 4 is 40.1 Å². The molecule has 0 radical (unpaired) electrons. The van der Waals surface area contributed by atoms with Crippen LogP contribution in [0, 0.1) is 17.6 Å². The highest BCUT2D eigenvalue weighted by atomic mass is 35.5. The van der Waals surface area contributed by atoms with Gasteiger partial charge in [-0.1, -0.05) is 23.4 Å². The minimum Gasteiger partial charge on any atom is -0.379 e. The number of amides is 1. The van der Waals surface area contributed by atoms with E-state index in [2.05, 4.69) is 15.3 Å². The van der Waals surface area contributed by atoms with Crippen LogP contribution in [0.4, 0.5) is 14.5 Å². The maximum Gasteiger partial charge on any atom is 0.274 e. The lowest BCUT2D eigenvalue weighted by atomic mass is 9.86. The van der Waals surface area contributed by atoms with Gasteiger partial charge in [-0.2, -0.15) is 0 Å². The van der Waals surface area contributed by atoms with Crippen molar-refractivity contribution in [1.82, 2.24) is 4.98 Å². The Morgan fingerprint density at radius 3 is 2.89 bits per heavy atom. The maximum atomic E-state index is 14.6. The van der Waals surface area contributed by atoms with Gasteiger partial charge in [0.2, 0.25) is 0 Å². The summed E-state index contributed by atoms with van der Waals surface area (Å²) in [6.07, 6.45) is 2.16. The second-order valence-corrected chi connectivity index (χ2v) is 8.43. The standard InChI is InChI=1S/C18H15ClF2N4OS/c1-18(10-6-14(10)27-17(22)25-18)11-4-9(5-12(20)15(11)21)24-16(26)13-3-2-8(19)7-23-13/h2-5,7,10,14H,6H2,1H3,(H2,22,25)(H,24,26)/t10-,14+,18-/m1/s1. The van der Waals surface area contributed by atoms with Crippen LogP contribution in [0.2, 0.25) is 5.02 Å². The van der Waals surface area contributed by atoms with E-state index in [0.717, 1.165) is 12.5 Å². The van der Waals surface area contributed by atoms with Crippen molar-refractivity contribution in [3.8, 4) is 0 Å². The number of amidine groups is 1. The Hall–Kier alpha value is -2.19. The van der Waals surface area contributed by atoms with Crippen LogP contribution in [0.25, 0.3) is 0 Å². The number of nitrogens with one attached hydrogen (secondary N) is 1. The van der Waals surface area contributed by atoms with Gasteiger partial charge in [0.15, 0.2) is 16.8 Å². The van der Waals surface area contributed by atoms with Crippen LogP contribution < -0.4 is 11.1 Å². The molecule has 3 atom stereocenters. The summed E-state index contributed by atoms with van der Waals surface area (Å²) in [5, 5.41) is 3.55. The van der Waals surface area contributed by atoms with Crippen LogP contribution >= 0.6 is 23.4 Å². The average Bonchev–Trinajstić information content (AvgIpc) is 3.38. The van der Waals surface area contributed by atoms with Crippen molar-refractivity contribution in [1.29, 1.82) is 0 Å². The van der Waals surface area contributed by atoms with Crippen LogP contribution in [-0.2, 0) is 5.54 Å². The first-order chi connectivity index (χ1) is 12.8. The van der Waals surface area contributed by atoms with E-state index in [-0.39, 0.29) is 28.1 Å². The molecule has 2 aromatic rings. The minimum atomic E-state index is -1.06. The molecule has 9 heteroatoms. The molecule has 2 aliphatic rings. The first-order valence-corrected chi connectivity index (χ1v) is 9.48. The van der Waals surface area contributed by atoms with Crippen molar-refractivity contribution < 1.29 is 13.6 Å². The molecule has 1 aromatic heterocycles. The molecule has 1 aromatic carbocycles. The number of hydrogen-bond donors (Lipinski definition) is 2. The Kier molecular flexibility index (Phi) is 4.35. The van der Waals surface area contributed by atoms with E-state index < -0.39 is 23.1 Å². The molecule has 1 aliphatic carbocycles. The van der Waals surface area contributed by atoms with Crippen molar-refractivity contribution in [3.63, 3.8) is 0 Å². The fourth-order valence-electron chi connectivity index (χ4n) is 3.38. The molecular formula is C18H15ClF2N4OS. The van der Waals surface area contributed by atoms with Crippen molar-refractivity contribution in [2.75, 3.05) is 5.32 Å². The number of aliphatic imine (C=N–C) groups is 1. The van der Waals surface area contributed by atoms with Gasteiger partial charge in [-0.05, 0) is 31.5 Å². The molecule has 27 heavy (non-hydrogen) atoms. The van der Waals surface area contributed by atoms with Crippen molar-refractivity contribution in [2.45, 2.75) is 24.1 Å². The summed E-state index contributed by atoms with van der Waals surface area (Å²) in [5.41, 5.74) is 5.21. The average molecular weight is 409 g/mol. The zero-order valence-electron chi connectivity index (χ0n) is 14.2. The molecule has 0 spiro atoms. The summed E-state index contributed by atoms with van der Waals surface area (Å²) in [5.74, 6) is -2.51. The summed E-state index contributed by atoms with van der Waals surface area (Å²) in [6, 6.07) is 5.31. The maximum absolute atomic E-state index is 14.6. The number of carbonyl (C=O) groups is 1. The number of rotatable bonds is 3. The van der Waals surface area contributed by atoms with E-state index in [0.29, 0.717) is 10.2 Å². The van der Waals surface area contributed by atoms with Crippen molar-refractivity contribution in [3.05, 3.63) is 58.4 Å². The molecule has 2 heterocycles. The number of pyridine rings is 1. The first kappa shape index (κ1) is 18.2. The van der Waals surface area contributed by atoms with Gasteiger partial charge >= 0.3 is 0 Å². The van der Waals surface area contributed by atoms with E-state index in [1.54, 1.807) is 6.92 Å². The predicted octanol–water partition coefficient (Wildman–Crippen LogP) is 3.93. The molecule has 0 saturated heterocycles. The Labute approximate surface area is 163 Å². The highest BCUT2D eigenvalue weighted by molar-refractivity contribution is 8.14. The molecule has 0 unspecified atom stereocenters. The Morgan fingerprint density at radius 1 is 1.41 bits per heavy atom. The minimum absolute atomic E-state index is 0.0765. The third kappa shape index (κ3) is 3.27. The number of anilines is 1. The zero-order chi connectivity index (χ0) is 19.3. The van der Waals surface area contributed by atoms with E-state index >= 15 is 0 Å². The van der Waals surface area contributed by atoms with Gasteiger partial charge in [0.25, 0.3) is 5.91 Å². The van der Waals surface area contributed by atoms with Gasteiger partial charge in [-0.25, -0.2) is 13.8 Å². The number of carbonyl (C=O) groups excluding carboxylic acids is 1. The topological polar surface area (TPSA) is 80.4 Å². The van der Waals surface area contributed by atoms with E-state index in [1.165, 1.54) is 36.2 Å². The zero-order valence-corrected chi connectivity index (χ0v) is 15.7. The third-order valence-electron chi connectivity index (χ3n) is 4.86. The van der Waals surface area contributed by atoms with E-state index in [1.807, 2.05) is 0 Å². The summed E-state index contributed by atoms with van der Waals surface area (Å²) in [7, 11) is 0. The lowest BCUT2D eigenvalue weighted by Crippen LogP contribution is -2.32. The number of halogens is 3. The lowest BCUT2D eigenvalue weighted by Gasteiger charge is -2.30. The second-order valence-electron chi connectivity index (χ2n) is 6.73. The number of nitrogens with two attached hydrogens (primary N) is 1. The summed E-state index contributed by atoms with van der Waals surface area (Å²) < 4.78 is 28.9. The molecule has 1 aliphatic heterocycles. The van der Waals surface area contributed by atoms with Crippen LogP contribution in [0.3, 0.4) is 0 Å². The second kappa shape index (κ2) is 6.45. The molecule has 3 N–H and O–H groups in total. The van der Waals surface area contributed by atoms with Crippen LogP contribution in [0.1, 0.15) is 29.4 Å². The van der Waals surface area contributed by atoms with Gasteiger partial charge < -0.3 is 11.1 Å². The first-order valence-electron chi connectivity index (χ1n) is 8.22. The molecule has 5 nitrogen and oxygen atoms in total. The Morgan fingerprint density at radius 2 is 2.19 bits per heavy atom. The SMILES string of the molecule is C[C@@]1(c2cc(NC(=O)c3ccc(Cl)cn3)cc(F)c2F)N=C(N)S[C@H]2C[C@H]21. The number of nitrogens with zero attached hydrogens (tertiary/aromatic N) is 2. The molecule has 140 valence electrons. The molecule has 1 fully saturated rings. The Balaban J connectivity index is 1.69. The van der Waals surface area contributed by atoms with Gasteiger partial charge in [0.1, 0.15) is 5.69 Å². The quantitative estimate of drug-likeness (QED) is 0.806. The molecular weight excluding hydrogens is 394 g/mol. The normalized spacial score (nSPS) is 26.1. The van der Waals surface area contributed by atoms with E-state index in [4.69, 9.17) is 17.3 Å². The summed E-state index contributed by atoms with van der Waals surface area (Å²) in [4.78, 5) is 20.7. The Bertz CT molecular complexity index is 969. The fourth-order valence-corrected chi connectivity index (χ4v) is 4.78. The number of benzene rings is 1. The van der Waals surface area contributed by atoms with Gasteiger partial charge in [-0.15, -0.1) is 0 Å². The molecule has 0 bridgehead atoms. The van der Waals surface area contributed by atoms with Crippen LogP contribution in [0.5, 0.6) is 0 Å². The van der Waals surface area contributed by atoms with Gasteiger partial charge in [-0.3, -0.25) is 9.79 Å². The number of aromatic nitrogens is 1. The third-order valence-corrected chi connectivity index (χ3v) is 6.24. The predicted molar refractivity (Wildman–Crippen MR) is 102 cm³/mol. The van der Waals surface area contributed by atoms with Crippen molar-refractivity contribution in [2.24, 2.45) is 16.6 Å². The number of thioether (sulfide) groups is 1. The van der Waals surface area contributed by atoms with Crippen LogP contribution in [-0.4, -0.2) is 21.3 Å². The lowest BCUT2D eigenvalue weighted by molar-refractivity contribution is 0.102. The fraction of sp³-hybridized carbons (Fsp3) is 0.278. The summed E-state index contributed by atoms with van der Waals surface area (Å²) in [6.45, 7) is 1.74. The summed E-state index contributed by atoms with van der Waals surface area (Å²) >= 11 is 7.21. The highest BCUT2D eigenvalue weighted by Gasteiger charge is 2.56. The molecule has 4 rings (SSSR count). The smallest absolute Gasteiger partial charge is 0.274 e. The monoisotopic (exact) mass is 408 g/mol. The van der Waals surface area contributed by atoms with Crippen LogP contribution in [0.15, 0.2) is 35.5 Å². The number of hydrogen-bond acceptors (Lipinski definition) is 5. The highest BCUT2D eigenvalue weighted by Crippen LogP contribution is 2.57. The largest absolute Gasteiger partial charge is 0.379 e. The number of fused-ring (bicyclic) bond motifs is 1. The molecule has 1 amide bonds. The van der Waals surface area contributed by atoms with E-state index in [9.17, 15) is 13.6 Å².